The molecule has 0 heterocycles. The van der Waals surface area contributed by atoms with Crippen LogP contribution < -0.4 is 11.2 Å². The van der Waals surface area contributed by atoms with E-state index in [0.717, 1.165) is 6.54 Å². The Morgan fingerprint density at radius 3 is 2.92 bits per heavy atom. The summed E-state index contributed by atoms with van der Waals surface area (Å²) in [5.74, 6) is 0.586. The molecule has 0 amide bonds. The molecule has 4 heteroatoms. The summed E-state index contributed by atoms with van der Waals surface area (Å²) in [6.07, 6.45) is 3.66. The zero-order chi connectivity index (χ0) is 9.52. The maximum Gasteiger partial charge on any atom is 0.0915 e. The number of nitrogens with one attached hydrogen (secondary N) is 1. The fourth-order valence-corrected chi connectivity index (χ4v) is 1.77. The number of ether oxygens (including phenoxy) is 1. The first kappa shape index (κ1) is 10.9. The van der Waals surface area contributed by atoms with Crippen LogP contribution in [-0.2, 0) is 9.57 Å². The molecule has 4 nitrogen and oxygen atoms in total. The van der Waals surface area contributed by atoms with Crippen LogP contribution in [0.3, 0.4) is 0 Å². The molecule has 1 aliphatic carbocycles. The van der Waals surface area contributed by atoms with Gasteiger partial charge in [0.25, 0.3) is 0 Å². The average molecular weight is 188 g/mol. The van der Waals surface area contributed by atoms with Gasteiger partial charge >= 0.3 is 0 Å². The van der Waals surface area contributed by atoms with Gasteiger partial charge in [-0.15, -0.1) is 0 Å². The van der Waals surface area contributed by atoms with E-state index < -0.39 is 0 Å². The zero-order valence-electron chi connectivity index (χ0n) is 8.29. The highest BCUT2D eigenvalue weighted by molar-refractivity contribution is 4.81. The third-order valence-corrected chi connectivity index (χ3v) is 2.59. The van der Waals surface area contributed by atoms with E-state index in [-0.39, 0.29) is 0 Å². The second-order valence-electron chi connectivity index (χ2n) is 3.49. The predicted molar refractivity (Wildman–Crippen MR) is 51.1 cm³/mol. The summed E-state index contributed by atoms with van der Waals surface area (Å²) in [6.45, 7) is 1.99. The molecular formula is C9H20N2O2. The number of hydrogen-bond acceptors (Lipinski definition) is 4. The van der Waals surface area contributed by atoms with Gasteiger partial charge in [0.15, 0.2) is 0 Å². The van der Waals surface area contributed by atoms with Crippen LogP contribution in [0.25, 0.3) is 0 Å². The molecule has 0 saturated heterocycles. The van der Waals surface area contributed by atoms with Crippen molar-refractivity contribution in [2.75, 3.05) is 26.9 Å². The van der Waals surface area contributed by atoms with E-state index in [0.29, 0.717) is 25.2 Å². The lowest BCUT2D eigenvalue weighted by Gasteiger charge is -2.18. The highest BCUT2D eigenvalue weighted by atomic mass is 16.7. The minimum Gasteiger partial charge on any atom is -0.382 e. The number of nitrogens with two attached hydrogens (primary N) is 1. The third kappa shape index (κ3) is 3.60. The fourth-order valence-electron chi connectivity index (χ4n) is 1.77. The van der Waals surface area contributed by atoms with Crippen molar-refractivity contribution in [3.05, 3.63) is 0 Å². The van der Waals surface area contributed by atoms with Gasteiger partial charge in [0.1, 0.15) is 0 Å². The van der Waals surface area contributed by atoms with Crippen LogP contribution in [-0.4, -0.2) is 32.9 Å². The molecule has 2 unspecified atom stereocenters. The first-order valence-electron chi connectivity index (χ1n) is 4.94. The van der Waals surface area contributed by atoms with Crippen molar-refractivity contribution in [1.29, 1.82) is 0 Å². The lowest BCUT2D eigenvalue weighted by atomic mass is 10.1. The summed E-state index contributed by atoms with van der Waals surface area (Å²) < 4.78 is 4.87. The fraction of sp³-hybridized carbons (Fsp3) is 1.00. The molecule has 78 valence electrons. The maximum atomic E-state index is 5.63. The van der Waals surface area contributed by atoms with Crippen molar-refractivity contribution >= 4 is 0 Å². The van der Waals surface area contributed by atoms with E-state index in [9.17, 15) is 0 Å². The van der Waals surface area contributed by atoms with E-state index >= 15 is 0 Å². The van der Waals surface area contributed by atoms with Crippen molar-refractivity contribution < 1.29 is 9.57 Å². The Morgan fingerprint density at radius 2 is 2.23 bits per heavy atom. The Bertz CT molecular complexity index is 133. The SMILES string of the molecule is COCCONC1CCCC1CN. The lowest BCUT2D eigenvalue weighted by Crippen LogP contribution is -2.36. The Labute approximate surface area is 79.7 Å². The van der Waals surface area contributed by atoms with Crippen LogP contribution in [0, 0.1) is 5.92 Å². The quantitative estimate of drug-likeness (QED) is 0.464. The van der Waals surface area contributed by atoms with Crippen LogP contribution in [0.2, 0.25) is 0 Å². The number of methoxy groups -OCH3 is 1. The lowest BCUT2D eigenvalue weighted by molar-refractivity contribution is -0.0179. The van der Waals surface area contributed by atoms with E-state index in [4.69, 9.17) is 15.3 Å². The van der Waals surface area contributed by atoms with E-state index in [1.54, 1.807) is 7.11 Å². The number of rotatable bonds is 6. The highest BCUT2D eigenvalue weighted by Crippen LogP contribution is 2.24. The van der Waals surface area contributed by atoms with E-state index in [1.807, 2.05) is 0 Å². The number of hydrogen-bond donors (Lipinski definition) is 2. The van der Waals surface area contributed by atoms with Gasteiger partial charge in [-0.05, 0) is 25.3 Å². The predicted octanol–water partition coefficient (Wildman–Crippen LogP) is 0.281. The first-order chi connectivity index (χ1) is 6.38. The molecule has 0 spiro atoms. The van der Waals surface area contributed by atoms with Gasteiger partial charge in [0.2, 0.25) is 0 Å². The molecule has 0 aliphatic heterocycles. The van der Waals surface area contributed by atoms with Gasteiger partial charge in [-0.2, -0.15) is 5.48 Å². The van der Waals surface area contributed by atoms with Crippen molar-refractivity contribution in [2.45, 2.75) is 25.3 Å². The largest absolute Gasteiger partial charge is 0.382 e. The minimum absolute atomic E-state index is 0.446. The van der Waals surface area contributed by atoms with Gasteiger partial charge in [0.05, 0.1) is 13.2 Å². The summed E-state index contributed by atoms with van der Waals surface area (Å²) in [4.78, 5) is 5.26. The number of hydroxylamine groups is 1. The molecule has 1 aliphatic rings. The highest BCUT2D eigenvalue weighted by Gasteiger charge is 2.25. The standard InChI is InChI=1S/C9H20N2O2/c1-12-5-6-13-11-9-4-2-3-8(9)7-10/h8-9,11H,2-7,10H2,1H3. The van der Waals surface area contributed by atoms with Gasteiger partial charge in [-0.3, -0.25) is 4.84 Å². The molecule has 0 aromatic rings. The van der Waals surface area contributed by atoms with Gasteiger partial charge < -0.3 is 10.5 Å². The Kier molecular flexibility index (Phi) is 5.31. The van der Waals surface area contributed by atoms with Crippen LogP contribution in [0.5, 0.6) is 0 Å². The zero-order valence-corrected chi connectivity index (χ0v) is 8.29. The summed E-state index contributed by atoms with van der Waals surface area (Å²) in [5.41, 5.74) is 8.69. The van der Waals surface area contributed by atoms with Crippen LogP contribution in [0.15, 0.2) is 0 Å². The van der Waals surface area contributed by atoms with Crippen molar-refractivity contribution in [3.8, 4) is 0 Å². The summed E-state index contributed by atoms with van der Waals surface area (Å²) in [7, 11) is 1.67. The Morgan fingerprint density at radius 1 is 1.38 bits per heavy atom. The van der Waals surface area contributed by atoms with Crippen molar-refractivity contribution in [1.82, 2.24) is 5.48 Å². The van der Waals surface area contributed by atoms with Crippen molar-refractivity contribution in [3.63, 3.8) is 0 Å². The average Bonchev–Trinajstić information content (AvgIpc) is 2.60. The molecule has 0 aromatic heterocycles. The second-order valence-corrected chi connectivity index (χ2v) is 3.49. The molecule has 2 atom stereocenters. The Balaban J connectivity index is 2.06. The molecule has 13 heavy (non-hydrogen) atoms. The smallest absolute Gasteiger partial charge is 0.0915 e. The van der Waals surface area contributed by atoms with Crippen LogP contribution in [0.4, 0.5) is 0 Å². The van der Waals surface area contributed by atoms with Crippen molar-refractivity contribution in [2.24, 2.45) is 11.7 Å². The topological polar surface area (TPSA) is 56.5 Å². The first-order valence-corrected chi connectivity index (χ1v) is 4.94. The normalized spacial score (nSPS) is 28.2. The minimum atomic E-state index is 0.446. The summed E-state index contributed by atoms with van der Waals surface area (Å²) in [6, 6.07) is 0.446. The molecule has 0 radical (unpaired) electrons. The molecule has 1 rings (SSSR count). The molecule has 1 fully saturated rings. The summed E-state index contributed by atoms with van der Waals surface area (Å²) >= 11 is 0. The molecular weight excluding hydrogens is 168 g/mol. The van der Waals surface area contributed by atoms with E-state index in [2.05, 4.69) is 5.48 Å². The molecule has 1 saturated carbocycles. The van der Waals surface area contributed by atoms with Gasteiger partial charge in [-0.25, -0.2) is 0 Å². The van der Waals surface area contributed by atoms with Gasteiger partial charge in [0, 0.05) is 13.2 Å². The monoisotopic (exact) mass is 188 g/mol. The molecule has 0 bridgehead atoms. The van der Waals surface area contributed by atoms with Crippen LogP contribution >= 0.6 is 0 Å². The third-order valence-electron chi connectivity index (χ3n) is 2.59. The molecule has 3 N–H and O–H groups in total. The maximum absolute atomic E-state index is 5.63. The Hall–Kier alpha value is -0.160. The summed E-state index contributed by atoms with van der Waals surface area (Å²) in [5, 5.41) is 0. The van der Waals surface area contributed by atoms with Crippen LogP contribution in [0.1, 0.15) is 19.3 Å². The van der Waals surface area contributed by atoms with Gasteiger partial charge in [-0.1, -0.05) is 6.42 Å². The molecule has 0 aromatic carbocycles. The van der Waals surface area contributed by atoms with E-state index in [1.165, 1.54) is 19.3 Å². The second kappa shape index (κ2) is 6.32.